The zero-order chi connectivity index (χ0) is 14.6. The van der Waals surface area contributed by atoms with Crippen molar-refractivity contribution in [3.8, 4) is 0 Å². The molecule has 1 amide bonds. The van der Waals surface area contributed by atoms with Gasteiger partial charge in [0.05, 0.1) is 0 Å². The lowest BCUT2D eigenvalue weighted by atomic mass is 10.1. The third kappa shape index (κ3) is 3.94. The zero-order valence-electron chi connectivity index (χ0n) is 12.8. The molecule has 0 aliphatic rings. The van der Waals surface area contributed by atoms with Gasteiger partial charge in [0.15, 0.2) is 0 Å². The number of aromatic nitrogens is 1. The minimum Gasteiger partial charge on any atom is -0.370 e. The summed E-state index contributed by atoms with van der Waals surface area (Å²) in [6, 6.07) is 3.91. The molecule has 1 rings (SSSR count). The highest BCUT2D eigenvalue weighted by Crippen LogP contribution is 2.19. The van der Waals surface area contributed by atoms with E-state index < -0.39 is 0 Å². The molecular formula is C15H25N3O. The molecule has 0 bridgehead atoms. The van der Waals surface area contributed by atoms with Crippen LogP contribution in [-0.4, -0.2) is 35.4 Å². The van der Waals surface area contributed by atoms with E-state index in [-0.39, 0.29) is 11.9 Å². The maximum absolute atomic E-state index is 12.4. The van der Waals surface area contributed by atoms with Crippen LogP contribution < -0.4 is 5.32 Å². The van der Waals surface area contributed by atoms with Gasteiger partial charge in [0.2, 0.25) is 0 Å². The molecule has 0 aliphatic carbocycles. The third-order valence-corrected chi connectivity index (χ3v) is 3.14. The summed E-state index contributed by atoms with van der Waals surface area (Å²) in [5.74, 6) is 1.11. The fourth-order valence-electron chi connectivity index (χ4n) is 1.68. The van der Waals surface area contributed by atoms with Gasteiger partial charge in [-0.2, -0.15) is 0 Å². The molecule has 0 unspecified atom stereocenters. The molecule has 0 spiro atoms. The van der Waals surface area contributed by atoms with Gasteiger partial charge >= 0.3 is 0 Å². The number of anilines is 1. The Kier molecular flexibility index (Phi) is 5.33. The fraction of sp³-hybridized carbons (Fsp3) is 0.600. The lowest BCUT2D eigenvalue weighted by Gasteiger charge is -2.22. The molecule has 1 aromatic rings. The maximum atomic E-state index is 12.4. The summed E-state index contributed by atoms with van der Waals surface area (Å²) < 4.78 is 0. The smallest absolute Gasteiger partial charge is 0.254 e. The van der Waals surface area contributed by atoms with Gasteiger partial charge in [-0.15, -0.1) is 0 Å². The minimum absolute atomic E-state index is 0.0402. The molecule has 0 saturated carbocycles. The van der Waals surface area contributed by atoms with Gasteiger partial charge in [-0.25, -0.2) is 4.98 Å². The van der Waals surface area contributed by atoms with Crippen LogP contribution in [0, 0.1) is 0 Å². The molecule has 1 aromatic heterocycles. The monoisotopic (exact) mass is 263 g/mol. The van der Waals surface area contributed by atoms with Crippen molar-refractivity contribution >= 4 is 11.7 Å². The van der Waals surface area contributed by atoms with E-state index in [1.165, 1.54) is 0 Å². The van der Waals surface area contributed by atoms with Crippen molar-refractivity contribution in [3.05, 3.63) is 23.4 Å². The number of nitrogens with one attached hydrogen (secondary N) is 1. The molecule has 1 N–H and O–H groups in total. The Bertz CT molecular complexity index is 441. The second kappa shape index (κ2) is 6.55. The van der Waals surface area contributed by atoms with Crippen LogP contribution in [0.15, 0.2) is 12.1 Å². The molecular weight excluding hydrogens is 238 g/mol. The largest absolute Gasteiger partial charge is 0.370 e. The number of carbonyl (C=O) groups is 1. The topological polar surface area (TPSA) is 45.2 Å². The minimum atomic E-state index is 0.0402. The van der Waals surface area contributed by atoms with Gasteiger partial charge in [0.25, 0.3) is 5.91 Å². The number of carbonyl (C=O) groups excluding carboxylic acids is 1. The standard InChI is InChI=1S/C15H25N3O/c1-7-16-14-9-12(8-13(17-14)10(2)3)15(19)18(6)11(4)5/h8-11H,7H2,1-6H3,(H,16,17). The molecule has 0 fully saturated rings. The van der Waals surface area contributed by atoms with Crippen molar-refractivity contribution in [1.29, 1.82) is 0 Å². The van der Waals surface area contributed by atoms with E-state index in [4.69, 9.17) is 0 Å². The van der Waals surface area contributed by atoms with E-state index in [1.807, 2.05) is 40.0 Å². The van der Waals surface area contributed by atoms with Crippen LogP contribution in [0.3, 0.4) is 0 Å². The van der Waals surface area contributed by atoms with Crippen LogP contribution in [0.25, 0.3) is 0 Å². The van der Waals surface area contributed by atoms with Crippen LogP contribution >= 0.6 is 0 Å². The van der Waals surface area contributed by atoms with Crippen molar-refractivity contribution in [2.75, 3.05) is 18.9 Å². The van der Waals surface area contributed by atoms with Crippen molar-refractivity contribution in [3.63, 3.8) is 0 Å². The number of pyridine rings is 1. The SMILES string of the molecule is CCNc1cc(C(=O)N(C)C(C)C)cc(C(C)C)n1. The summed E-state index contributed by atoms with van der Waals surface area (Å²) in [6.45, 7) is 11.0. The van der Waals surface area contributed by atoms with Gasteiger partial charge in [-0.05, 0) is 38.8 Å². The molecule has 0 aromatic carbocycles. The van der Waals surface area contributed by atoms with Crippen molar-refractivity contribution < 1.29 is 4.79 Å². The number of hydrogen-bond donors (Lipinski definition) is 1. The molecule has 19 heavy (non-hydrogen) atoms. The van der Waals surface area contributed by atoms with Gasteiger partial charge in [0.1, 0.15) is 5.82 Å². The Hall–Kier alpha value is -1.58. The maximum Gasteiger partial charge on any atom is 0.254 e. The van der Waals surface area contributed by atoms with Gasteiger partial charge in [-0.1, -0.05) is 13.8 Å². The van der Waals surface area contributed by atoms with Crippen LogP contribution in [-0.2, 0) is 0 Å². The van der Waals surface area contributed by atoms with Gasteiger partial charge in [-0.3, -0.25) is 4.79 Å². The van der Waals surface area contributed by atoms with E-state index in [9.17, 15) is 4.79 Å². The summed E-state index contributed by atoms with van der Waals surface area (Å²) in [6.07, 6.45) is 0. The average molecular weight is 263 g/mol. The van der Waals surface area contributed by atoms with Crippen LogP contribution in [0.5, 0.6) is 0 Å². The van der Waals surface area contributed by atoms with Gasteiger partial charge < -0.3 is 10.2 Å². The number of hydrogen-bond acceptors (Lipinski definition) is 3. The summed E-state index contributed by atoms with van der Waals surface area (Å²) in [4.78, 5) is 18.7. The first-order valence-electron chi connectivity index (χ1n) is 6.89. The Labute approximate surface area is 116 Å². The van der Waals surface area contributed by atoms with E-state index in [0.717, 1.165) is 18.1 Å². The Morgan fingerprint density at radius 2 is 1.95 bits per heavy atom. The molecule has 1 heterocycles. The molecule has 0 saturated heterocycles. The highest BCUT2D eigenvalue weighted by atomic mass is 16.2. The molecule has 0 aliphatic heterocycles. The highest BCUT2D eigenvalue weighted by molar-refractivity contribution is 5.95. The molecule has 0 radical (unpaired) electrons. The summed E-state index contributed by atoms with van der Waals surface area (Å²) >= 11 is 0. The first-order chi connectivity index (χ1) is 8.86. The molecule has 106 valence electrons. The van der Waals surface area contributed by atoms with E-state index >= 15 is 0 Å². The predicted molar refractivity (Wildman–Crippen MR) is 79.7 cm³/mol. The van der Waals surface area contributed by atoms with Crippen LogP contribution in [0.4, 0.5) is 5.82 Å². The molecule has 0 atom stereocenters. The second-order valence-corrected chi connectivity index (χ2v) is 5.36. The Balaban J connectivity index is 3.15. The van der Waals surface area contributed by atoms with E-state index in [2.05, 4.69) is 24.1 Å². The summed E-state index contributed by atoms with van der Waals surface area (Å²) in [5, 5.41) is 3.18. The molecule has 4 nitrogen and oxygen atoms in total. The lowest BCUT2D eigenvalue weighted by molar-refractivity contribution is 0.0754. The third-order valence-electron chi connectivity index (χ3n) is 3.14. The fourth-order valence-corrected chi connectivity index (χ4v) is 1.68. The van der Waals surface area contributed by atoms with Crippen molar-refractivity contribution in [1.82, 2.24) is 9.88 Å². The Morgan fingerprint density at radius 3 is 2.42 bits per heavy atom. The Morgan fingerprint density at radius 1 is 1.32 bits per heavy atom. The van der Waals surface area contributed by atoms with Gasteiger partial charge in [0, 0.05) is 30.9 Å². The quantitative estimate of drug-likeness (QED) is 0.887. The van der Waals surface area contributed by atoms with Crippen molar-refractivity contribution in [2.45, 2.75) is 46.6 Å². The van der Waals surface area contributed by atoms with Crippen LogP contribution in [0.2, 0.25) is 0 Å². The second-order valence-electron chi connectivity index (χ2n) is 5.36. The number of rotatable bonds is 5. The highest BCUT2D eigenvalue weighted by Gasteiger charge is 2.17. The lowest BCUT2D eigenvalue weighted by Crippen LogP contribution is -2.33. The summed E-state index contributed by atoms with van der Waals surface area (Å²) in [7, 11) is 1.83. The first-order valence-corrected chi connectivity index (χ1v) is 6.89. The van der Waals surface area contributed by atoms with E-state index in [1.54, 1.807) is 4.90 Å². The number of amides is 1. The zero-order valence-corrected chi connectivity index (χ0v) is 12.8. The molecule has 4 heteroatoms. The summed E-state index contributed by atoms with van der Waals surface area (Å²) in [5.41, 5.74) is 1.64. The average Bonchev–Trinajstić information content (AvgIpc) is 2.36. The first kappa shape index (κ1) is 15.5. The predicted octanol–water partition coefficient (Wildman–Crippen LogP) is 3.12. The van der Waals surface area contributed by atoms with Crippen molar-refractivity contribution in [2.24, 2.45) is 0 Å². The number of nitrogens with zero attached hydrogens (tertiary/aromatic N) is 2. The van der Waals surface area contributed by atoms with E-state index in [0.29, 0.717) is 11.5 Å². The van der Waals surface area contributed by atoms with Crippen LogP contribution in [0.1, 0.15) is 56.6 Å². The normalized spacial score (nSPS) is 10.9.